The van der Waals surface area contributed by atoms with Crippen molar-refractivity contribution < 1.29 is 19.0 Å². The second kappa shape index (κ2) is 10.6. The molecule has 168 valence electrons. The molecule has 0 spiro atoms. The molecular formula is C24H27N3O4S. The molecule has 0 bridgehead atoms. The summed E-state index contributed by atoms with van der Waals surface area (Å²) in [7, 11) is 1.59. The number of rotatable bonds is 8. The molecule has 1 aromatic heterocycles. The Hall–Kier alpha value is -2.94. The van der Waals surface area contributed by atoms with Crippen LogP contribution in [0.25, 0.3) is 16.3 Å². The number of hydrogen-bond donors (Lipinski definition) is 1. The van der Waals surface area contributed by atoms with Crippen molar-refractivity contribution in [1.29, 1.82) is 0 Å². The van der Waals surface area contributed by atoms with E-state index < -0.39 is 0 Å². The Labute approximate surface area is 191 Å². The van der Waals surface area contributed by atoms with Gasteiger partial charge in [-0.3, -0.25) is 15.0 Å². The van der Waals surface area contributed by atoms with Crippen molar-refractivity contribution in [3.8, 4) is 11.5 Å². The number of ether oxygens (including phenoxy) is 3. The summed E-state index contributed by atoms with van der Waals surface area (Å²) in [5, 5.41) is 3.45. The van der Waals surface area contributed by atoms with E-state index >= 15 is 0 Å². The number of fused-ring (bicyclic) bond motifs is 1. The van der Waals surface area contributed by atoms with E-state index in [1.807, 2.05) is 31.2 Å². The summed E-state index contributed by atoms with van der Waals surface area (Å²) in [5.41, 5.74) is 2.97. The molecule has 2 aromatic carbocycles. The van der Waals surface area contributed by atoms with E-state index in [1.165, 1.54) is 23.0 Å². The second-order valence-electron chi connectivity index (χ2n) is 7.38. The van der Waals surface area contributed by atoms with Gasteiger partial charge < -0.3 is 14.2 Å². The number of nitrogens with one attached hydrogen (secondary N) is 1. The number of anilines is 1. The van der Waals surface area contributed by atoms with Gasteiger partial charge in [-0.05, 0) is 48.4 Å². The molecule has 0 saturated carbocycles. The van der Waals surface area contributed by atoms with Crippen LogP contribution in [0, 0.1) is 0 Å². The van der Waals surface area contributed by atoms with Gasteiger partial charge >= 0.3 is 0 Å². The summed E-state index contributed by atoms with van der Waals surface area (Å²) in [6.07, 6.45) is 3.23. The minimum Gasteiger partial charge on any atom is -0.493 e. The summed E-state index contributed by atoms with van der Waals surface area (Å²) >= 11 is 1.48. The van der Waals surface area contributed by atoms with Gasteiger partial charge in [0.05, 0.1) is 37.1 Å². The molecule has 4 rings (SSSR count). The van der Waals surface area contributed by atoms with Gasteiger partial charge in [0.25, 0.3) is 0 Å². The van der Waals surface area contributed by atoms with Crippen LogP contribution in [0.15, 0.2) is 42.5 Å². The number of carbonyl (C=O) groups excluding carboxylic acids is 1. The lowest BCUT2D eigenvalue weighted by Crippen LogP contribution is -2.35. The van der Waals surface area contributed by atoms with Crippen molar-refractivity contribution >= 4 is 38.7 Å². The zero-order valence-corrected chi connectivity index (χ0v) is 19.1. The van der Waals surface area contributed by atoms with E-state index in [9.17, 15) is 4.79 Å². The molecular weight excluding hydrogens is 426 g/mol. The van der Waals surface area contributed by atoms with Gasteiger partial charge in [0.1, 0.15) is 0 Å². The fraction of sp³-hybridized carbons (Fsp3) is 0.333. The van der Waals surface area contributed by atoms with Crippen molar-refractivity contribution in [2.24, 2.45) is 0 Å². The summed E-state index contributed by atoms with van der Waals surface area (Å²) in [4.78, 5) is 19.3. The predicted octanol–water partition coefficient (Wildman–Crippen LogP) is 4.19. The largest absolute Gasteiger partial charge is 0.493 e. The van der Waals surface area contributed by atoms with Crippen LogP contribution >= 0.6 is 11.3 Å². The molecule has 2 heterocycles. The van der Waals surface area contributed by atoms with Crippen molar-refractivity contribution in [2.45, 2.75) is 13.5 Å². The standard InChI is InChI=1S/C24H27N3O4S/c1-3-31-20-8-5-17(14-21(20)29-2)6-9-23(28)26-24-25-19-7-4-18(15-22(19)32-24)16-27-10-12-30-13-11-27/h4-9,14-15H,3,10-13,16H2,1-2H3,(H,25,26,28)/b9-6+. The van der Waals surface area contributed by atoms with Gasteiger partial charge in [0.15, 0.2) is 16.6 Å². The highest BCUT2D eigenvalue weighted by Crippen LogP contribution is 2.29. The minimum atomic E-state index is -0.231. The lowest BCUT2D eigenvalue weighted by atomic mass is 10.2. The first-order valence-electron chi connectivity index (χ1n) is 10.6. The number of benzene rings is 2. The summed E-state index contributed by atoms with van der Waals surface area (Å²) in [6.45, 7) is 6.86. The first-order valence-corrected chi connectivity index (χ1v) is 11.5. The molecule has 0 unspecified atom stereocenters. The monoisotopic (exact) mass is 453 g/mol. The number of carbonyl (C=O) groups is 1. The van der Waals surface area contributed by atoms with E-state index in [0.717, 1.165) is 48.6 Å². The number of thiazole rings is 1. The minimum absolute atomic E-state index is 0.231. The van der Waals surface area contributed by atoms with Crippen LogP contribution in [-0.4, -0.2) is 55.8 Å². The molecule has 0 atom stereocenters. The van der Waals surface area contributed by atoms with Crippen molar-refractivity contribution in [1.82, 2.24) is 9.88 Å². The van der Waals surface area contributed by atoms with E-state index in [-0.39, 0.29) is 5.91 Å². The first-order chi connectivity index (χ1) is 15.6. The Balaban J connectivity index is 1.39. The topological polar surface area (TPSA) is 72.9 Å². The number of aromatic nitrogens is 1. The molecule has 1 N–H and O–H groups in total. The number of morpholine rings is 1. The van der Waals surface area contributed by atoms with Crippen LogP contribution in [-0.2, 0) is 16.1 Å². The van der Waals surface area contributed by atoms with E-state index in [0.29, 0.717) is 23.2 Å². The Morgan fingerprint density at radius 2 is 2.06 bits per heavy atom. The summed E-state index contributed by atoms with van der Waals surface area (Å²) in [5.74, 6) is 1.08. The zero-order chi connectivity index (χ0) is 22.3. The van der Waals surface area contributed by atoms with E-state index in [1.54, 1.807) is 13.2 Å². The Morgan fingerprint density at radius 3 is 2.84 bits per heavy atom. The average molecular weight is 454 g/mol. The Morgan fingerprint density at radius 1 is 1.22 bits per heavy atom. The summed E-state index contributed by atoms with van der Waals surface area (Å²) in [6, 6.07) is 11.8. The molecule has 0 radical (unpaired) electrons. The molecule has 1 saturated heterocycles. The quantitative estimate of drug-likeness (QED) is 0.516. The van der Waals surface area contributed by atoms with Crippen LogP contribution in [0.1, 0.15) is 18.1 Å². The fourth-order valence-electron chi connectivity index (χ4n) is 3.52. The average Bonchev–Trinajstić information content (AvgIpc) is 3.20. The number of nitrogens with zero attached hydrogens (tertiary/aromatic N) is 2. The Bertz CT molecular complexity index is 1110. The lowest BCUT2D eigenvalue weighted by Gasteiger charge is -2.26. The molecule has 32 heavy (non-hydrogen) atoms. The highest BCUT2D eigenvalue weighted by molar-refractivity contribution is 7.22. The SMILES string of the molecule is CCOc1ccc(/C=C/C(=O)Nc2nc3ccc(CN4CCOCC4)cc3s2)cc1OC. The molecule has 3 aromatic rings. The van der Waals surface area contributed by atoms with Gasteiger partial charge in [-0.1, -0.05) is 23.5 Å². The molecule has 8 heteroatoms. The molecule has 1 amide bonds. The maximum atomic E-state index is 12.4. The lowest BCUT2D eigenvalue weighted by molar-refractivity contribution is -0.111. The number of methoxy groups -OCH3 is 1. The van der Waals surface area contributed by atoms with Crippen LogP contribution in [0.4, 0.5) is 5.13 Å². The third kappa shape index (κ3) is 5.64. The van der Waals surface area contributed by atoms with Crippen LogP contribution in [0.5, 0.6) is 11.5 Å². The molecule has 7 nitrogen and oxygen atoms in total. The van der Waals surface area contributed by atoms with Crippen LogP contribution in [0.2, 0.25) is 0 Å². The zero-order valence-electron chi connectivity index (χ0n) is 18.3. The van der Waals surface area contributed by atoms with Gasteiger partial charge in [0, 0.05) is 25.7 Å². The number of hydrogen-bond acceptors (Lipinski definition) is 7. The molecule has 1 aliphatic heterocycles. The molecule has 1 aliphatic rings. The fourth-order valence-corrected chi connectivity index (χ4v) is 4.45. The highest BCUT2D eigenvalue weighted by atomic mass is 32.1. The third-order valence-corrected chi connectivity index (χ3v) is 6.04. The summed E-state index contributed by atoms with van der Waals surface area (Å²) < 4.78 is 17.4. The highest BCUT2D eigenvalue weighted by Gasteiger charge is 2.12. The smallest absolute Gasteiger partial charge is 0.250 e. The first kappa shape index (κ1) is 22.3. The maximum Gasteiger partial charge on any atom is 0.250 e. The van der Waals surface area contributed by atoms with Gasteiger partial charge in [-0.15, -0.1) is 0 Å². The second-order valence-corrected chi connectivity index (χ2v) is 8.41. The normalized spacial score (nSPS) is 14.7. The van der Waals surface area contributed by atoms with Crippen LogP contribution < -0.4 is 14.8 Å². The van der Waals surface area contributed by atoms with Crippen LogP contribution in [0.3, 0.4) is 0 Å². The molecule has 1 fully saturated rings. The van der Waals surface area contributed by atoms with Gasteiger partial charge in [0.2, 0.25) is 5.91 Å². The van der Waals surface area contributed by atoms with Gasteiger partial charge in [-0.25, -0.2) is 4.98 Å². The van der Waals surface area contributed by atoms with Crippen molar-refractivity contribution in [3.05, 3.63) is 53.6 Å². The van der Waals surface area contributed by atoms with E-state index in [4.69, 9.17) is 14.2 Å². The molecule has 0 aliphatic carbocycles. The maximum absolute atomic E-state index is 12.4. The third-order valence-electron chi connectivity index (χ3n) is 5.11. The van der Waals surface area contributed by atoms with Crippen molar-refractivity contribution in [2.75, 3.05) is 45.3 Å². The van der Waals surface area contributed by atoms with Gasteiger partial charge in [-0.2, -0.15) is 0 Å². The van der Waals surface area contributed by atoms with E-state index in [2.05, 4.69) is 27.3 Å². The predicted molar refractivity (Wildman–Crippen MR) is 128 cm³/mol. The Kier molecular flexibility index (Phi) is 7.36. The number of amides is 1. The van der Waals surface area contributed by atoms with Crippen molar-refractivity contribution in [3.63, 3.8) is 0 Å².